The van der Waals surface area contributed by atoms with E-state index in [0.717, 1.165) is 0 Å². The van der Waals surface area contributed by atoms with Crippen LogP contribution in [0.25, 0.3) is 11.1 Å². The van der Waals surface area contributed by atoms with Gasteiger partial charge in [0.2, 0.25) is 5.91 Å². The second kappa shape index (κ2) is 7.86. The summed E-state index contributed by atoms with van der Waals surface area (Å²) in [5.74, 6) is -0.214. The molecular weight excluding hydrogens is 356 g/mol. The van der Waals surface area contributed by atoms with Crippen LogP contribution in [0.15, 0.2) is 61.2 Å². The molecule has 6 nitrogen and oxygen atoms in total. The molecule has 2 amide bonds. The number of fused-ring (bicyclic) bond motifs is 3. The van der Waals surface area contributed by atoms with Crippen molar-refractivity contribution in [1.29, 1.82) is 0 Å². The minimum Gasteiger partial charge on any atom is -0.348 e. The number of hydrogen-bond acceptors (Lipinski definition) is 4. The van der Waals surface area contributed by atoms with Gasteiger partial charge in [-0.25, -0.2) is 4.79 Å². The second-order valence-electron chi connectivity index (χ2n) is 7.01. The van der Waals surface area contributed by atoms with Crippen LogP contribution >= 0.6 is 0 Å². The third-order valence-corrected chi connectivity index (χ3v) is 5.31. The molecule has 2 aliphatic rings. The first kappa shape index (κ1) is 18.3. The van der Waals surface area contributed by atoms with E-state index in [2.05, 4.69) is 36.2 Å². The highest BCUT2D eigenvalue weighted by Crippen LogP contribution is 2.44. The number of hydrogen-bond donors (Lipinski definition) is 1. The van der Waals surface area contributed by atoms with Gasteiger partial charge in [0.05, 0.1) is 0 Å². The zero-order valence-electron chi connectivity index (χ0n) is 15.5. The number of carbonyl (C=O) groups excluding carboxylic acids is 2. The van der Waals surface area contributed by atoms with Gasteiger partial charge in [0.15, 0.2) is 0 Å². The monoisotopic (exact) mass is 378 g/mol. The molecule has 28 heavy (non-hydrogen) atoms. The lowest BCUT2D eigenvalue weighted by Crippen LogP contribution is -2.37. The summed E-state index contributed by atoms with van der Waals surface area (Å²) < 4.78 is 0. The van der Waals surface area contributed by atoms with Crippen LogP contribution in [0.3, 0.4) is 0 Å². The number of likely N-dealkylation sites (tertiary alicyclic amines) is 1. The number of nitrogens with one attached hydrogen (secondary N) is 1. The molecule has 1 unspecified atom stereocenters. The summed E-state index contributed by atoms with van der Waals surface area (Å²) in [5.41, 5.74) is 4.73. The number of carbonyl (C=O) groups is 2. The number of nitrogens with zero attached hydrogens (tertiary/aromatic N) is 1. The number of benzene rings is 2. The van der Waals surface area contributed by atoms with Crippen LogP contribution in [0, 0.1) is 0 Å². The molecule has 0 radical (unpaired) electrons. The van der Waals surface area contributed by atoms with E-state index in [1.165, 1.54) is 33.2 Å². The summed E-state index contributed by atoms with van der Waals surface area (Å²) in [7, 11) is 0. The van der Waals surface area contributed by atoms with E-state index < -0.39 is 6.09 Å². The van der Waals surface area contributed by atoms with Crippen molar-refractivity contribution >= 4 is 12.0 Å². The minimum atomic E-state index is -0.532. The molecule has 1 N–H and O–H groups in total. The van der Waals surface area contributed by atoms with Gasteiger partial charge in [0, 0.05) is 25.0 Å². The van der Waals surface area contributed by atoms with Crippen LogP contribution in [-0.2, 0) is 14.6 Å². The highest BCUT2D eigenvalue weighted by Gasteiger charge is 2.31. The predicted octanol–water partition coefficient (Wildman–Crippen LogP) is 3.24. The minimum absolute atomic E-state index is 0.0263. The lowest BCUT2D eigenvalue weighted by molar-refractivity contribution is -0.246. The Bertz CT molecular complexity index is 865. The van der Waals surface area contributed by atoms with Crippen molar-refractivity contribution < 1.29 is 19.4 Å². The SMILES string of the molecule is C=CC(=O)NC1CCN(C(=O)OOCC2c3ccccc3-c3ccccc32)C1. The van der Waals surface area contributed by atoms with Gasteiger partial charge in [-0.05, 0) is 34.8 Å². The summed E-state index contributed by atoms with van der Waals surface area (Å²) in [6, 6.07) is 16.3. The average molecular weight is 378 g/mol. The largest absolute Gasteiger partial charge is 0.441 e. The fraction of sp³-hybridized carbons (Fsp3) is 0.273. The number of rotatable bonds is 5. The van der Waals surface area contributed by atoms with Gasteiger partial charge >= 0.3 is 6.09 Å². The van der Waals surface area contributed by atoms with Gasteiger partial charge in [-0.1, -0.05) is 55.1 Å². The van der Waals surface area contributed by atoms with Crippen LogP contribution < -0.4 is 5.32 Å². The van der Waals surface area contributed by atoms with Crippen molar-refractivity contribution in [2.75, 3.05) is 19.7 Å². The molecule has 1 aliphatic carbocycles. The summed E-state index contributed by atoms with van der Waals surface area (Å²) in [6.07, 6.45) is 1.37. The Morgan fingerprint density at radius 3 is 2.39 bits per heavy atom. The number of amides is 2. The Labute approximate surface area is 163 Å². The van der Waals surface area contributed by atoms with Crippen LogP contribution in [0.2, 0.25) is 0 Å². The molecular formula is C22H22N2O4. The maximum absolute atomic E-state index is 12.3. The molecule has 0 bridgehead atoms. The zero-order valence-corrected chi connectivity index (χ0v) is 15.5. The van der Waals surface area contributed by atoms with E-state index in [1.54, 1.807) is 0 Å². The molecule has 0 spiro atoms. The van der Waals surface area contributed by atoms with Gasteiger partial charge in [-0.3, -0.25) is 9.68 Å². The predicted molar refractivity (Wildman–Crippen MR) is 104 cm³/mol. The smallest absolute Gasteiger partial charge is 0.348 e. The average Bonchev–Trinajstić information content (AvgIpc) is 3.31. The molecule has 0 saturated carbocycles. The lowest BCUT2D eigenvalue weighted by atomic mass is 9.98. The summed E-state index contributed by atoms with van der Waals surface area (Å²) in [4.78, 5) is 35.6. The van der Waals surface area contributed by atoms with Crippen LogP contribution in [0.4, 0.5) is 4.79 Å². The van der Waals surface area contributed by atoms with Crippen molar-refractivity contribution in [2.24, 2.45) is 0 Å². The van der Waals surface area contributed by atoms with Gasteiger partial charge in [0.1, 0.15) is 6.61 Å². The zero-order chi connectivity index (χ0) is 19.5. The van der Waals surface area contributed by atoms with Gasteiger partial charge < -0.3 is 10.2 Å². The molecule has 1 heterocycles. The molecule has 2 aromatic rings. The Hall–Kier alpha value is -3.12. The first-order valence-corrected chi connectivity index (χ1v) is 9.37. The topological polar surface area (TPSA) is 67.9 Å². The Morgan fingerprint density at radius 2 is 1.75 bits per heavy atom. The molecule has 0 aromatic heterocycles. The lowest BCUT2D eigenvalue weighted by Gasteiger charge is -2.17. The van der Waals surface area contributed by atoms with Crippen molar-refractivity contribution in [1.82, 2.24) is 10.2 Å². The van der Waals surface area contributed by atoms with Gasteiger partial charge in [-0.2, -0.15) is 4.89 Å². The molecule has 1 saturated heterocycles. The van der Waals surface area contributed by atoms with Gasteiger partial charge in [0.25, 0.3) is 0 Å². The highest BCUT2D eigenvalue weighted by molar-refractivity contribution is 5.87. The Balaban J connectivity index is 1.34. The molecule has 2 aromatic carbocycles. The normalized spacial score (nSPS) is 17.7. The van der Waals surface area contributed by atoms with E-state index in [9.17, 15) is 9.59 Å². The van der Waals surface area contributed by atoms with Crippen LogP contribution in [0.5, 0.6) is 0 Å². The molecule has 4 rings (SSSR count). The van der Waals surface area contributed by atoms with E-state index in [1.807, 2.05) is 24.3 Å². The summed E-state index contributed by atoms with van der Waals surface area (Å²) in [5, 5.41) is 2.79. The Morgan fingerprint density at radius 1 is 1.11 bits per heavy atom. The summed E-state index contributed by atoms with van der Waals surface area (Å²) >= 11 is 0. The van der Waals surface area contributed by atoms with Crippen molar-refractivity contribution in [3.8, 4) is 11.1 Å². The third-order valence-electron chi connectivity index (χ3n) is 5.31. The van der Waals surface area contributed by atoms with Gasteiger partial charge in [-0.15, -0.1) is 0 Å². The van der Waals surface area contributed by atoms with Crippen molar-refractivity contribution in [3.05, 3.63) is 72.3 Å². The fourth-order valence-corrected chi connectivity index (χ4v) is 3.95. The maximum Gasteiger partial charge on any atom is 0.441 e. The van der Waals surface area contributed by atoms with E-state index in [0.29, 0.717) is 19.5 Å². The standard InChI is InChI=1S/C22H22N2O4/c1-2-21(25)23-15-11-12-24(13-15)22(26)28-27-14-20-18-9-5-3-7-16(18)17-8-4-6-10-19(17)20/h2-10,15,20H,1,11-14H2,(H,23,25). The maximum atomic E-state index is 12.3. The molecule has 1 aliphatic heterocycles. The molecule has 1 atom stereocenters. The quantitative estimate of drug-likeness (QED) is 0.493. The Kier molecular flexibility index (Phi) is 5.12. The first-order chi connectivity index (χ1) is 13.7. The molecule has 6 heteroatoms. The van der Waals surface area contributed by atoms with E-state index in [-0.39, 0.29) is 24.5 Å². The van der Waals surface area contributed by atoms with Crippen molar-refractivity contribution in [2.45, 2.75) is 18.4 Å². The van der Waals surface area contributed by atoms with Crippen molar-refractivity contribution in [3.63, 3.8) is 0 Å². The fourth-order valence-electron chi connectivity index (χ4n) is 3.95. The molecule has 144 valence electrons. The second-order valence-corrected chi connectivity index (χ2v) is 7.01. The third kappa shape index (κ3) is 3.51. The molecule has 1 fully saturated rings. The van der Waals surface area contributed by atoms with Crippen LogP contribution in [0.1, 0.15) is 23.5 Å². The van der Waals surface area contributed by atoms with Crippen LogP contribution in [-0.4, -0.2) is 42.6 Å². The van der Waals surface area contributed by atoms with E-state index >= 15 is 0 Å². The summed E-state index contributed by atoms with van der Waals surface area (Å²) in [6.45, 7) is 4.60. The first-order valence-electron chi connectivity index (χ1n) is 9.37. The van der Waals surface area contributed by atoms with E-state index in [4.69, 9.17) is 9.78 Å². The highest BCUT2D eigenvalue weighted by atomic mass is 17.2.